The number of rotatable bonds is 5. The van der Waals surface area contributed by atoms with Crippen LogP contribution < -0.4 is 0 Å². The van der Waals surface area contributed by atoms with E-state index in [1.165, 1.54) is 51.4 Å². The number of hydrogen-bond donors (Lipinski definition) is 0. The van der Waals surface area contributed by atoms with Gasteiger partial charge < -0.3 is 0 Å². The smallest absolute Gasteiger partial charge is 0.139 e. The third kappa shape index (κ3) is 3.11. The molecule has 0 N–H and O–H groups in total. The summed E-state index contributed by atoms with van der Waals surface area (Å²) in [6.45, 7) is 3.28. The van der Waals surface area contributed by atoms with E-state index in [2.05, 4.69) is 11.8 Å². The number of nitrogens with zero attached hydrogens (tertiary/aromatic N) is 1. The fraction of sp³-hybridized carbons (Fsp3) is 0.947. The van der Waals surface area contributed by atoms with Crippen molar-refractivity contribution in [3.05, 3.63) is 0 Å². The van der Waals surface area contributed by atoms with Gasteiger partial charge in [-0.2, -0.15) is 0 Å². The van der Waals surface area contributed by atoms with Crippen molar-refractivity contribution in [3.63, 3.8) is 0 Å². The van der Waals surface area contributed by atoms with Crippen LogP contribution in [0.2, 0.25) is 0 Å². The first-order valence-electron chi connectivity index (χ1n) is 9.61. The molecule has 2 aliphatic heterocycles. The van der Waals surface area contributed by atoms with Gasteiger partial charge in [0, 0.05) is 35.8 Å². The molecule has 0 aromatic rings. The number of carbonyl (C=O) groups is 1. The van der Waals surface area contributed by atoms with Crippen molar-refractivity contribution in [3.8, 4) is 0 Å². The summed E-state index contributed by atoms with van der Waals surface area (Å²) in [6, 6.07) is 0.472. The summed E-state index contributed by atoms with van der Waals surface area (Å²) >= 11 is 6.52. The average Bonchev–Trinajstić information content (AvgIpc) is 2.53. The van der Waals surface area contributed by atoms with E-state index in [9.17, 15) is 4.79 Å². The van der Waals surface area contributed by atoms with Crippen LogP contribution in [0.25, 0.3) is 0 Å². The molecule has 3 fully saturated rings. The molecular formula is C19H32ClNO. The van der Waals surface area contributed by atoms with Gasteiger partial charge in [-0.05, 0) is 32.1 Å². The molecule has 4 atom stereocenters. The number of hydrogen-bond acceptors (Lipinski definition) is 2. The number of ketones is 1. The number of unbranched alkanes of at least 4 members (excludes halogenated alkanes) is 3. The van der Waals surface area contributed by atoms with Crippen LogP contribution in [-0.4, -0.2) is 34.2 Å². The zero-order chi connectivity index (χ0) is 15.6. The van der Waals surface area contributed by atoms with Gasteiger partial charge in [0.15, 0.2) is 0 Å². The molecule has 22 heavy (non-hydrogen) atoms. The Kier molecular flexibility index (Phi) is 5.50. The molecule has 0 amide bonds. The van der Waals surface area contributed by atoms with E-state index in [0.29, 0.717) is 23.1 Å². The SMILES string of the molecule is CCCCCCC1CC(=O)C2CCCCC23CCC(Cl)CN13. The van der Waals surface area contributed by atoms with Crippen LogP contribution in [0.1, 0.15) is 84.0 Å². The highest BCUT2D eigenvalue weighted by molar-refractivity contribution is 6.20. The summed E-state index contributed by atoms with van der Waals surface area (Å²) < 4.78 is 0. The predicted molar refractivity (Wildman–Crippen MR) is 92.4 cm³/mol. The van der Waals surface area contributed by atoms with Gasteiger partial charge in [0.2, 0.25) is 0 Å². The standard InChI is InChI=1S/C19H32ClNO/c1-2-3-4-5-8-16-13-18(22)17-9-6-7-11-19(17)12-10-15(20)14-21(16)19/h15-17H,2-14H2,1H3. The number of piperidine rings is 2. The van der Waals surface area contributed by atoms with E-state index < -0.39 is 0 Å². The molecule has 0 aromatic heterocycles. The molecule has 1 aliphatic carbocycles. The van der Waals surface area contributed by atoms with Gasteiger partial charge in [-0.25, -0.2) is 0 Å². The van der Waals surface area contributed by atoms with Crippen LogP contribution in [0.4, 0.5) is 0 Å². The minimum Gasteiger partial charge on any atom is -0.299 e. The fourth-order valence-electron chi connectivity index (χ4n) is 5.42. The molecule has 3 rings (SSSR count). The first-order valence-corrected chi connectivity index (χ1v) is 10.0. The van der Waals surface area contributed by atoms with Crippen LogP contribution in [0, 0.1) is 5.92 Å². The lowest BCUT2D eigenvalue weighted by atomic mass is 9.62. The van der Waals surface area contributed by atoms with Crippen LogP contribution in [-0.2, 0) is 4.79 Å². The monoisotopic (exact) mass is 325 g/mol. The van der Waals surface area contributed by atoms with Crippen molar-refractivity contribution in [2.45, 2.75) is 101 Å². The molecule has 2 saturated heterocycles. The first-order chi connectivity index (χ1) is 10.7. The van der Waals surface area contributed by atoms with Gasteiger partial charge in [0.1, 0.15) is 5.78 Å². The third-order valence-electron chi connectivity index (χ3n) is 6.52. The van der Waals surface area contributed by atoms with Gasteiger partial charge in [0.05, 0.1) is 0 Å². The number of alkyl halides is 1. The maximum atomic E-state index is 12.8. The van der Waals surface area contributed by atoms with Crippen molar-refractivity contribution in [2.75, 3.05) is 6.54 Å². The van der Waals surface area contributed by atoms with E-state index >= 15 is 0 Å². The third-order valence-corrected chi connectivity index (χ3v) is 6.87. The molecule has 0 bridgehead atoms. The Balaban J connectivity index is 1.75. The van der Waals surface area contributed by atoms with Crippen molar-refractivity contribution in [1.29, 1.82) is 0 Å². The van der Waals surface area contributed by atoms with E-state index in [0.717, 1.165) is 32.2 Å². The van der Waals surface area contributed by atoms with Gasteiger partial charge in [-0.3, -0.25) is 9.69 Å². The Labute approximate surface area is 141 Å². The summed E-state index contributed by atoms with van der Waals surface area (Å²) in [4.78, 5) is 15.5. The topological polar surface area (TPSA) is 20.3 Å². The molecule has 1 spiro atoms. The zero-order valence-corrected chi connectivity index (χ0v) is 14.9. The Morgan fingerprint density at radius 1 is 1.18 bits per heavy atom. The van der Waals surface area contributed by atoms with E-state index in [1.807, 2.05) is 0 Å². The average molecular weight is 326 g/mol. The predicted octanol–water partition coefficient (Wildman–Crippen LogP) is 4.93. The highest BCUT2D eigenvalue weighted by Crippen LogP contribution is 2.50. The maximum absolute atomic E-state index is 12.8. The Morgan fingerprint density at radius 3 is 2.86 bits per heavy atom. The lowest BCUT2D eigenvalue weighted by molar-refractivity contribution is -0.149. The highest BCUT2D eigenvalue weighted by atomic mass is 35.5. The normalized spacial score (nSPS) is 39.4. The van der Waals surface area contributed by atoms with Crippen LogP contribution in [0.5, 0.6) is 0 Å². The summed E-state index contributed by atoms with van der Waals surface area (Å²) in [5, 5.41) is 0.291. The van der Waals surface area contributed by atoms with Crippen LogP contribution in [0.3, 0.4) is 0 Å². The molecule has 3 heteroatoms. The summed E-state index contributed by atoms with van der Waals surface area (Å²) in [6.07, 6.45) is 14.4. The van der Waals surface area contributed by atoms with Crippen molar-refractivity contribution >= 4 is 17.4 Å². The molecule has 126 valence electrons. The maximum Gasteiger partial charge on any atom is 0.139 e. The van der Waals surface area contributed by atoms with Gasteiger partial charge >= 0.3 is 0 Å². The number of Topliss-reactive ketones (excluding diaryl/α,β-unsaturated/α-hetero) is 1. The van der Waals surface area contributed by atoms with E-state index in [1.54, 1.807) is 0 Å². The summed E-state index contributed by atoms with van der Waals surface area (Å²) in [5.74, 6) is 0.891. The van der Waals surface area contributed by atoms with Crippen molar-refractivity contribution < 1.29 is 4.79 Å². The Bertz CT molecular complexity index is 399. The number of carbonyl (C=O) groups excluding carboxylic acids is 1. The van der Waals surface area contributed by atoms with Crippen molar-refractivity contribution in [2.24, 2.45) is 5.92 Å². The molecule has 0 radical (unpaired) electrons. The van der Waals surface area contributed by atoms with Crippen LogP contribution >= 0.6 is 11.6 Å². The Hall–Kier alpha value is -0.0800. The van der Waals surface area contributed by atoms with E-state index in [4.69, 9.17) is 11.6 Å². The lowest BCUT2D eigenvalue weighted by Gasteiger charge is -2.60. The van der Waals surface area contributed by atoms with Crippen LogP contribution in [0.15, 0.2) is 0 Å². The highest BCUT2D eigenvalue weighted by Gasteiger charge is 2.55. The van der Waals surface area contributed by atoms with Gasteiger partial charge in [-0.1, -0.05) is 45.4 Å². The first kappa shape index (κ1) is 16.8. The largest absolute Gasteiger partial charge is 0.299 e. The molecule has 1 saturated carbocycles. The second-order valence-electron chi connectivity index (χ2n) is 7.86. The van der Waals surface area contributed by atoms with E-state index in [-0.39, 0.29) is 5.54 Å². The quantitative estimate of drug-likeness (QED) is 0.527. The summed E-state index contributed by atoms with van der Waals surface area (Å²) in [7, 11) is 0. The summed E-state index contributed by atoms with van der Waals surface area (Å²) in [5.41, 5.74) is 0.189. The second kappa shape index (κ2) is 7.21. The lowest BCUT2D eigenvalue weighted by Crippen LogP contribution is -2.68. The minimum atomic E-state index is 0.189. The molecule has 2 nitrogen and oxygen atoms in total. The molecule has 0 aromatic carbocycles. The molecular weight excluding hydrogens is 294 g/mol. The van der Waals surface area contributed by atoms with Gasteiger partial charge in [-0.15, -0.1) is 11.6 Å². The minimum absolute atomic E-state index is 0.189. The molecule has 3 aliphatic rings. The molecule has 2 heterocycles. The fourth-order valence-corrected chi connectivity index (χ4v) is 5.68. The Morgan fingerprint density at radius 2 is 2.05 bits per heavy atom. The molecule has 4 unspecified atom stereocenters. The second-order valence-corrected chi connectivity index (χ2v) is 8.48. The number of halogens is 1. The van der Waals surface area contributed by atoms with Gasteiger partial charge in [0.25, 0.3) is 0 Å². The van der Waals surface area contributed by atoms with Crippen molar-refractivity contribution in [1.82, 2.24) is 4.90 Å². The zero-order valence-electron chi connectivity index (χ0n) is 14.2.